The first-order chi connectivity index (χ1) is 24.5. The fourth-order valence-corrected chi connectivity index (χ4v) is 5.67. The van der Waals surface area contributed by atoms with E-state index in [1.165, 1.54) is 14.2 Å². The molecule has 0 radical (unpaired) electrons. The standard InChI is InChI=1S/C41H38O10/c1-40(2,27-7-17-32(45-4)18-8-27)28-9-19-35(20-10-28)50-39(44)51-36-25-15-31(16-26-36)41(3,29-11-21-33(22-12-29)48-37(42)46-5)30-13-23-34(24-14-30)49-38(43)47-6/h7-26H,1-6H3. The molecule has 0 aliphatic carbocycles. The van der Waals surface area contributed by atoms with Gasteiger partial charge in [0.15, 0.2) is 0 Å². The largest absolute Gasteiger partial charge is 0.519 e. The lowest BCUT2D eigenvalue weighted by atomic mass is 9.71. The third kappa shape index (κ3) is 8.30. The van der Waals surface area contributed by atoms with E-state index < -0.39 is 23.9 Å². The molecule has 0 aliphatic heterocycles. The summed E-state index contributed by atoms with van der Waals surface area (Å²) < 4.78 is 35.8. The fourth-order valence-electron chi connectivity index (χ4n) is 5.67. The molecule has 0 fully saturated rings. The van der Waals surface area contributed by atoms with Crippen molar-refractivity contribution < 1.29 is 47.5 Å². The molecule has 262 valence electrons. The quantitative estimate of drug-likeness (QED) is 0.0798. The molecule has 5 rings (SSSR count). The van der Waals surface area contributed by atoms with Gasteiger partial charge in [0.05, 0.1) is 21.3 Å². The molecule has 0 N–H and O–H groups in total. The Bertz CT molecular complexity index is 1890. The number of carbonyl (C=O) groups is 3. The van der Waals surface area contributed by atoms with Crippen molar-refractivity contribution in [3.8, 4) is 28.7 Å². The summed E-state index contributed by atoms with van der Waals surface area (Å²) in [6.45, 7) is 6.26. The highest BCUT2D eigenvalue weighted by Crippen LogP contribution is 2.41. The van der Waals surface area contributed by atoms with E-state index in [9.17, 15) is 14.4 Å². The number of hydrogen-bond acceptors (Lipinski definition) is 10. The van der Waals surface area contributed by atoms with Crippen LogP contribution in [0.25, 0.3) is 0 Å². The van der Waals surface area contributed by atoms with Crippen LogP contribution in [0.15, 0.2) is 121 Å². The first kappa shape index (κ1) is 36.0. The zero-order valence-corrected chi connectivity index (χ0v) is 29.1. The third-order valence-corrected chi connectivity index (χ3v) is 8.82. The van der Waals surface area contributed by atoms with E-state index in [1.807, 2.05) is 79.7 Å². The van der Waals surface area contributed by atoms with Gasteiger partial charge in [-0.25, -0.2) is 14.4 Å². The van der Waals surface area contributed by atoms with E-state index in [4.69, 9.17) is 23.7 Å². The Morgan fingerprint density at radius 2 is 0.627 bits per heavy atom. The van der Waals surface area contributed by atoms with Crippen LogP contribution in [0.4, 0.5) is 14.4 Å². The lowest BCUT2D eigenvalue weighted by Crippen LogP contribution is -2.25. The zero-order chi connectivity index (χ0) is 36.6. The van der Waals surface area contributed by atoms with Gasteiger partial charge in [0.25, 0.3) is 0 Å². The molecule has 0 unspecified atom stereocenters. The Labute approximate surface area is 296 Å². The van der Waals surface area contributed by atoms with E-state index in [2.05, 4.69) is 23.3 Å². The Morgan fingerprint density at radius 1 is 0.373 bits per heavy atom. The minimum atomic E-state index is -0.880. The molecule has 0 aliphatic rings. The van der Waals surface area contributed by atoms with Gasteiger partial charge >= 0.3 is 18.5 Å². The summed E-state index contributed by atoms with van der Waals surface area (Å²) in [5.74, 6) is 2.04. The summed E-state index contributed by atoms with van der Waals surface area (Å²) in [6.07, 6.45) is -2.53. The molecular formula is C41H38O10. The zero-order valence-electron chi connectivity index (χ0n) is 29.1. The summed E-state index contributed by atoms with van der Waals surface area (Å²) in [5, 5.41) is 0. The van der Waals surface area contributed by atoms with Crippen LogP contribution in [-0.2, 0) is 20.3 Å². The Balaban J connectivity index is 1.33. The van der Waals surface area contributed by atoms with Gasteiger partial charge in [0, 0.05) is 10.8 Å². The predicted molar refractivity (Wildman–Crippen MR) is 189 cm³/mol. The maximum Gasteiger partial charge on any atom is 0.519 e. The number of rotatable bonds is 10. The van der Waals surface area contributed by atoms with Crippen LogP contribution in [0.2, 0.25) is 0 Å². The van der Waals surface area contributed by atoms with E-state index in [1.54, 1.807) is 55.6 Å². The molecule has 0 bridgehead atoms. The molecule has 5 aromatic rings. The molecule has 0 aromatic heterocycles. The number of methoxy groups -OCH3 is 3. The van der Waals surface area contributed by atoms with Gasteiger partial charge in [-0.15, -0.1) is 0 Å². The highest BCUT2D eigenvalue weighted by molar-refractivity contribution is 5.68. The minimum absolute atomic E-state index is 0.284. The van der Waals surface area contributed by atoms with Crippen molar-refractivity contribution in [2.45, 2.75) is 31.6 Å². The van der Waals surface area contributed by atoms with Gasteiger partial charge in [-0.1, -0.05) is 74.5 Å². The first-order valence-electron chi connectivity index (χ1n) is 15.9. The minimum Gasteiger partial charge on any atom is -0.497 e. The highest BCUT2D eigenvalue weighted by Gasteiger charge is 2.32. The van der Waals surface area contributed by atoms with Crippen LogP contribution in [0.1, 0.15) is 48.6 Å². The van der Waals surface area contributed by atoms with Crippen LogP contribution in [0.5, 0.6) is 28.7 Å². The molecule has 0 atom stereocenters. The average molecular weight is 691 g/mol. The van der Waals surface area contributed by atoms with E-state index in [0.29, 0.717) is 17.2 Å². The molecule has 51 heavy (non-hydrogen) atoms. The van der Waals surface area contributed by atoms with E-state index in [0.717, 1.165) is 33.6 Å². The van der Waals surface area contributed by atoms with Gasteiger partial charge < -0.3 is 33.2 Å². The van der Waals surface area contributed by atoms with Crippen molar-refractivity contribution in [1.29, 1.82) is 0 Å². The molecular weight excluding hydrogens is 652 g/mol. The molecule has 10 nitrogen and oxygen atoms in total. The number of carbonyl (C=O) groups excluding carboxylic acids is 3. The molecule has 10 heteroatoms. The average Bonchev–Trinajstić information content (AvgIpc) is 3.15. The lowest BCUT2D eigenvalue weighted by Gasteiger charge is -2.32. The molecule has 0 heterocycles. The van der Waals surface area contributed by atoms with Gasteiger partial charge in [-0.05, 0) is 95.4 Å². The van der Waals surface area contributed by atoms with Crippen LogP contribution >= 0.6 is 0 Å². The Hall–Kier alpha value is -6.29. The molecule has 5 aromatic carbocycles. The fraction of sp³-hybridized carbons (Fsp3) is 0.195. The summed E-state index contributed by atoms with van der Waals surface area (Å²) in [4.78, 5) is 36.0. The molecule has 0 saturated heterocycles. The van der Waals surface area contributed by atoms with Crippen molar-refractivity contribution in [2.24, 2.45) is 0 Å². The summed E-state index contributed by atoms with van der Waals surface area (Å²) in [7, 11) is 4.10. The Morgan fingerprint density at radius 3 is 0.902 bits per heavy atom. The van der Waals surface area contributed by atoms with Crippen LogP contribution in [-0.4, -0.2) is 39.8 Å². The number of ether oxygens (including phenoxy) is 7. The smallest absolute Gasteiger partial charge is 0.497 e. The number of benzene rings is 5. The van der Waals surface area contributed by atoms with Gasteiger partial charge in [-0.3, -0.25) is 0 Å². The van der Waals surface area contributed by atoms with Crippen LogP contribution in [0, 0.1) is 0 Å². The highest BCUT2D eigenvalue weighted by atomic mass is 16.7. The second-order valence-electron chi connectivity index (χ2n) is 12.1. The van der Waals surface area contributed by atoms with Gasteiger partial charge in [-0.2, -0.15) is 0 Å². The number of hydrogen-bond donors (Lipinski definition) is 0. The summed E-state index contributed by atoms with van der Waals surface area (Å²) in [6, 6.07) is 36.3. The summed E-state index contributed by atoms with van der Waals surface area (Å²) in [5.41, 5.74) is 3.67. The van der Waals surface area contributed by atoms with Crippen molar-refractivity contribution in [2.75, 3.05) is 21.3 Å². The van der Waals surface area contributed by atoms with Crippen molar-refractivity contribution >= 4 is 18.5 Å². The van der Waals surface area contributed by atoms with Crippen molar-refractivity contribution in [3.05, 3.63) is 149 Å². The predicted octanol–water partition coefficient (Wildman–Crippen LogP) is 9.24. The van der Waals surface area contributed by atoms with Gasteiger partial charge in [0.1, 0.15) is 28.7 Å². The van der Waals surface area contributed by atoms with Crippen molar-refractivity contribution in [1.82, 2.24) is 0 Å². The maximum absolute atomic E-state index is 12.8. The monoisotopic (exact) mass is 690 g/mol. The second-order valence-corrected chi connectivity index (χ2v) is 12.1. The third-order valence-electron chi connectivity index (χ3n) is 8.82. The molecule has 0 spiro atoms. The summed E-state index contributed by atoms with van der Waals surface area (Å²) >= 11 is 0. The van der Waals surface area contributed by atoms with Gasteiger partial charge in [0.2, 0.25) is 0 Å². The van der Waals surface area contributed by atoms with Crippen molar-refractivity contribution in [3.63, 3.8) is 0 Å². The molecule has 0 amide bonds. The molecule has 0 saturated carbocycles. The normalized spacial score (nSPS) is 11.2. The van der Waals surface area contributed by atoms with E-state index >= 15 is 0 Å². The maximum atomic E-state index is 12.8. The lowest BCUT2D eigenvalue weighted by molar-refractivity contribution is 0.120. The van der Waals surface area contributed by atoms with Crippen LogP contribution < -0.4 is 23.7 Å². The van der Waals surface area contributed by atoms with E-state index in [-0.39, 0.29) is 11.2 Å². The Kier molecular flexibility index (Phi) is 10.9. The topological polar surface area (TPSA) is 116 Å². The SMILES string of the molecule is COC(=O)Oc1ccc(C(C)(c2ccc(OC(=O)OC)cc2)c2ccc(OC(=O)Oc3ccc(C(C)(C)c4ccc(OC)cc4)cc3)cc2)cc1. The first-order valence-corrected chi connectivity index (χ1v) is 15.9. The van der Waals surface area contributed by atoms with Crippen LogP contribution in [0.3, 0.4) is 0 Å². The second kappa shape index (κ2) is 15.5.